The van der Waals surface area contributed by atoms with E-state index < -0.39 is 6.03 Å². The van der Waals surface area contributed by atoms with Crippen molar-refractivity contribution in [3.05, 3.63) is 65.7 Å². The summed E-state index contributed by atoms with van der Waals surface area (Å²) in [6, 6.07) is 13.3. The van der Waals surface area contributed by atoms with E-state index in [1.165, 1.54) is 6.08 Å². The van der Waals surface area contributed by atoms with Gasteiger partial charge in [0.15, 0.2) is 0 Å². The molecule has 30 heavy (non-hydrogen) atoms. The van der Waals surface area contributed by atoms with E-state index in [-0.39, 0.29) is 31.4 Å². The molecule has 4 rings (SSSR count). The molecular weight excluding hydrogens is 402 g/mol. The number of carbonyl (C=O) groups excluding carboxylic acids is 3. The van der Waals surface area contributed by atoms with Crippen LogP contribution in [0.4, 0.5) is 4.79 Å². The smallest absolute Gasteiger partial charge is 0.324 e. The number of hydrogen-bond donors (Lipinski definition) is 2. The molecule has 0 saturated carbocycles. The first-order valence-electron chi connectivity index (χ1n) is 9.35. The second-order valence-corrected chi connectivity index (χ2v) is 7.47. The summed E-state index contributed by atoms with van der Waals surface area (Å²) in [5, 5.41) is 11.8. The van der Waals surface area contributed by atoms with Gasteiger partial charge in [-0.2, -0.15) is 5.10 Å². The van der Waals surface area contributed by atoms with Crippen LogP contribution < -0.4 is 10.6 Å². The largest absolute Gasteiger partial charge is 0.351 e. The zero-order valence-corrected chi connectivity index (χ0v) is 16.8. The Bertz CT molecular complexity index is 1070. The average molecular weight is 421 g/mol. The van der Waals surface area contributed by atoms with Gasteiger partial charge in [0.05, 0.1) is 17.1 Å². The summed E-state index contributed by atoms with van der Waals surface area (Å²) in [4.78, 5) is 37.3. The summed E-state index contributed by atoms with van der Waals surface area (Å²) < 4.78 is 1.78. The van der Waals surface area contributed by atoms with Gasteiger partial charge < -0.3 is 10.6 Å². The number of imide groups is 1. The van der Waals surface area contributed by atoms with E-state index in [4.69, 9.17) is 0 Å². The minimum absolute atomic E-state index is 0.00355. The molecule has 8 nitrogen and oxygen atoms in total. The highest BCUT2D eigenvalue weighted by atomic mass is 32.1. The standard InChI is InChI=1S/C21H19N5O3S/c27-18(22-10-11-25-19(28)13-23-21(25)29)9-8-15-14-26(16-5-2-1-3-6-16)24-20(15)17-7-4-12-30-17/h1-9,12,14H,10-11,13H2,(H,22,27)(H,23,29)/b9-8+. The number of carbonyl (C=O) groups is 3. The fourth-order valence-electron chi connectivity index (χ4n) is 3.02. The molecule has 1 aromatic carbocycles. The van der Waals surface area contributed by atoms with Gasteiger partial charge in [-0.05, 0) is 29.7 Å². The Kier molecular flexibility index (Phi) is 5.71. The molecule has 0 spiro atoms. The highest BCUT2D eigenvalue weighted by Crippen LogP contribution is 2.28. The number of urea groups is 1. The number of benzene rings is 1. The molecule has 1 fully saturated rings. The molecule has 0 bridgehead atoms. The number of nitrogens with one attached hydrogen (secondary N) is 2. The lowest BCUT2D eigenvalue weighted by molar-refractivity contribution is -0.125. The zero-order valence-electron chi connectivity index (χ0n) is 15.9. The van der Waals surface area contributed by atoms with Gasteiger partial charge in [0, 0.05) is 30.9 Å². The molecule has 3 aromatic rings. The molecule has 4 amide bonds. The van der Waals surface area contributed by atoms with Crippen molar-refractivity contribution in [3.8, 4) is 16.3 Å². The van der Waals surface area contributed by atoms with Gasteiger partial charge in [0.2, 0.25) is 11.8 Å². The molecule has 0 radical (unpaired) electrons. The van der Waals surface area contributed by atoms with Crippen molar-refractivity contribution < 1.29 is 14.4 Å². The maximum absolute atomic E-state index is 12.2. The van der Waals surface area contributed by atoms with E-state index in [9.17, 15) is 14.4 Å². The van der Waals surface area contributed by atoms with Crippen LogP contribution in [-0.2, 0) is 9.59 Å². The molecule has 152 valence electrons. The molecule has 1 aliphatic rings. The van der Waals surface area contributed by atoms with Gasteiger partial charge in [-0.15, -0.1) is 11.3 Å². The minimum Gasteiger partial charge on any atom is -0.351 e. The lowest BCUT2D eigenvalue weighted by atomic mass is 10.2. The summed E-state index contributed by atoms with van der Waals surface area (Å²) >= 11 is 1.58. The highest BCUT2D eigenvalue weighted by molar-refractivity contribution is 7.13. The second-order valence-electron chi connectivity index (χ2n) is 6.52. The van der Waals surface area contributed by atoms with E-state index in [1.54, 1.807) is 22.1 Å². The Balaban J connectivity index is 1.45. The topological polar surface area (TPSA) is 96.3 Å². The predicted octanol–water partition coefficient (Wildman–Crippen LogP) is 2.28. The first-order chi connectivity index (χ1) is 14.6. The maximum Gasteiger partial charge on any atom is 0.324 e. The Morgan fingerprint density at radius 1 is 1.20 bits per heavy atom. The fourth-order valence-corrected chi connectivity index (χ4v) is 3.76. The number of nitrogens with zero attached hydrogens (tertiary/aromatic N) is 3. The summed E-state index contributed by atoms with van der Waals surface area (Å²) in [5.74, 6) is -0.606. The number of amides is 4. The third-order valence-electron chi connectivity index (χ3n) is 4.50. The molecule has 0 unspecified atom stereocenters. The molecule has 0 atom stereocenters. The van der Waals surface area contributed by atoms with Crippen molar-refractivity contribution in [2.24, 2.45) is 0 Å². The van der Waals surface area contributed by atoms with Crippen LogP contribution >= 0.6 is 11.3 Å². The van der Waals surface area contributed by atoms with Crippen LogP contribution in [0.5, 0.6) is 0 Å². The van der Waals surface area contributed by atoms with Crippen molar-refractivity contribution in [1.82, 2.24) is 25.3 Å². The highest BCUT2D eigenvalue weighted by Gasteiger charge is 2.27. The normalized spacial score (nSPS) is 13.8. The van der Waals surface area contributed by atoms with E-state index in [2.05, 4.69) is 15.7 Å². The van der Waals surface area contributed by atoms with Crippen LogP contribution in [0.2, 0.25) is 0 Å². The van der Waals surface area contributed by atoms with Crippen LogP contribution in [0.15, 0.2) is 60.1 Å². The first-order valence-corrected chi connectivity index (χ1v) is 10.2. The van der Waals surface area contributed by atoms with E-state index in [0.29, 0.717) is 0 Å². The van der Waals surface area contributed by atoms with Crippen LogP contribution in [0.3, 0.4) is 0 Å². The lowest BCUT2D eigenvalue weighted by Gasteiger charge is -2.11. The Morgan fingerprint density at radius 2 is 2.03 bits per heavy atom. The van der Waals surface area contributed by atoms with Gasteiger partial charge in [-0.3, -0.25) is 14.5 Å². The number of aromatic nitrogens is 2. The molecule has 0 aliphatic carbocycles. The molecular formula is C21H19N5O3S. The van der Waals surface area contributed by atoms with E-state index >= 15 is 0 Å². The van der Waals surface area contributed by atoms with Crippen molar-refractivity contribution >= 4 is 35.3 Å². The second kappa shape index (κ2) is 8.75. The van der Waals surface area contributed by atoms with Crippen LogP contribution in [0, 0.1) is 0 Å². The lowest BCUT2D eigenvalue weighted by Crippen LogP contribution is -2.38. The maximum atomic E-state index is 12.2. The predicted molar refractivity (Wildman–Crippen MR) is 114 cm³/mol. The quantitative estimate of drug-likeness (QED) is 0.452. The van der Waals surface area contributed by atoms with Gasteiger partial charge in [0.25, 0.3) is 0 Å². The summed E-state index contributed by atoms with van der Waals surface area (Å²) in [5.41, 5.74) is 2.52. The van der Waals surface area contributed by atoms with Crippen molar-refractivity contribution in [3.63, 3.8) is 0 Å². The van der Waals surface area contributed by atoms with Gasteiger partial charge >= 0.3 is 6.03 Å². The molecule has 9 heteroatoms. The summed E-state index contributed by atoms with van der Waals surface area (Å²) in [7, 11) is 0. The molecule has 2 aromatic heterocycles. The molecule has 2 N–H and O–H groups in total. The first kappa shape index (κ1) is 19.6. The van der Waals surface area contributed by atoms with Gasteiger partial charge in [0.1, 0.15) is 5.69 Å². The van der Waals surface area contributed by atoms with Crippen molar-refractivity contribution in [1.29, 1.82) is 0 Å². The minimum atomic E-state index is -0.432. The number of hydrogen-bond acceptors (Lipinski definition) is 5. The average Bonchev–Trinajstić information content (AvgIpc) is 3.49. The van der Waals surface area contributed by atoms with Crippen LogP contribution in [0.1, 0.15) is 5.56 Å². The van der Waals surface area contributed by atoms with Gasteiger partial charge in [-0.25, -0.2) is 9.48 Å². The molecule has 1 saturated heterocycles. The third kappa shape index (κ3) is 4.31. The van der Waals surface area contributed by atoms with Gasteiger partial charge in [-0.1, -0.05) is 24.3 Å². The SMILES string of the molecule is O=C(/C=C/c1cn(-c2ccccc2)nc1-c1cccs1)NCCN1C(=O)CNC1=O. The van der Waals surface area contributed by atoms with Crippen LogP contribution in [-0.4, -0.2) is 52.2 Å². The Hall–Kier alpha value is -3.72. The van der Waals surface area contributed by atoms with Crippen molar-refractivity contribution in [2.45, 2.75) is 0 Å². The monoisotopic (exact) mass is 421 g/mol. The summed E-state index contributed by atoms with van der Waals surface area (Å²) in [6.07, 6.45) is 5.02. The summed E-state index contributed by atoms with van der Waals surface area (Å²) in [6.45, 7) is 0.323. The number of rotatable bonds is 7. The third-order valence-corrected chi connectivity index (χ3v) is 5.38. The Morgan fingerprint density at radius 3 is 2.73 bits per heavy atom. The van der Waals surface area contributed by atoms with E-state index in [1.807, 2.05) is 54.0 Å². The fraction of sp³-hybridized carbons (Fsp3) is 0.143. The molecule has 1 aliphatic heterocycles. The number of thiophene rings is 1. The van der Waals surface area contributed by atoms with E-state index in [0.717, 1.165) is 26.7 Å². The van der Waals surface area contributed by atoms with Crippen LogP contribution in [0.25, 0.3) is 22.3 Å². The van der Waals surface area contributed by atoms with Crippen molar-refractivity contribution in [2.75, 3.05) is 19.6 Å². The molecule has 3 heterocycles. The zero-order chi connectivity index (χ0) is 20.9. The Labute approximate surface area is 176 Å². The number of para-hydroxylation sites is 1.